The highest BCUT2D eigenvalue weighted by atomic mass is 35.5. The molecule has 0 atom stereocenters. The number of hydrogen-bond donors (Lipinski definition) is 2. The van der Waals surface area contributed by atoms with E-state index in [2.05, 4.69) is 15.0 Å². The normalized spacial score (nSPS) is 21.8. The van der Waals surface area contributed by atoms with Gasteiger partial charge in [0.1, 0.15) is 5.52 Å². The number of nitrogens with zero attached hydrogens (tertiary/aromatic N) is 1. The van der Waals surface area contributed by atoms with Gasteiger partial charge in [-0.2, -0.15) is 4.98 Å². The summed E-state index contributed by atoms with van der Waals surface area (Å²) in [6.45, 7) is 3.90. The van der Waals surface area contributed by atoms with Crippen LogP contribution in [0.15, 0.2) is 22.6 Å². The summed E-state index contributed by atoms with van der Waals surface area (Å²) in [5.74, 6) is 0.383. The van der Waals surface area contributed by atoms with Crippen LogP contribution >= 0.6 is 11.6 Å². The summed E-state index contributed by atoms with van der Waals surface area (Å²) in [6.07, 6.45) is 3.88. The van der Waals surface area contributed by atoms with Crippen LogP contribution in [0.4, 0.5) is 6.01 Å². The second-order valence-electron chi connectivity index (χ2n) is 6.94. The van der Waals surface area contributed by atoms with E-state index < -0.39 is 15.3 Å². The summed E-state index contributed by atoms with van der Waals surface area (Å²) in [7, 11) is -3.18. The van der Waals surface area contributed by atoms with Crippen molar-refractivity contribution in [3.63, 3.8) is 0 Å². The molecule has 2 aromatic rings. The molecule has 0 spiro atoms. The number of sulfonamides is 1. The minimum atomic E-state index is -3.18. The van der Waals surface area contributed by atoms with Gasteiger partial charge in [-0.15, -0.1) is 0 Å². The molecule has 0 aliphatic heterocycles. The molecular weight excluding hydrogens is 362 g/mol. The zero-order chi connectivity index (χ0) is 18.0. The minimum absolute atomic E-state index is 0.293. The first-order valence-electron chi connectivity index (χ1n) is 8.64. The quantitative estimate of drug-likeness (QED) is 0.790. The van der Waals surface area contributed by atoms with Gasteiger partial charge in [0.05, 0.1) is 5.25 Å². The van der Waals surface area contributed by atoms with Crippen LogP contribution in [0.25, 0.3) is 11.1 Å². The molecule has 1 saturated carbocycles. The molecule has 1 aliphatic rings. The maximum absolute atomic E-state index is 11.8. The zero-order valence-electron chi connectivity index (χ0n) is 14.5. The van der Waals surface area contributed by atoms with Gasteiger partial charge in [-0.05, 0) is 57.6 Å². The number of benzene rings is 1. The largest absolute Gasteiger partial charge is 0.423 e. The Hall–Kier alpha value is -1.31. The van der Waals surface area contributed by atoms with E-state index in [-0.39, 0.29) is 0 Å². The molecule has 0 amide bonds. The minimum Gasteiger partial charge on any atom is -0.423 e. The lowest BCUT2D eigenvalue weighted by Gasteiger charge is -2.28. The Morgan fingerprint density at radius 3 is 2.68 bits per heavy atom. The monoisotopic (exact) mass is 385 g/mol. The van der Waals surface area contributed by atoms with Gasteiger partial charge >= 0.3 is 0 Å². The van der Waals surface area contributed by atoms with Crippen LogP contribution in [0.1, 0.15) is 39.5 Å². The number of nitrogens with one attached hydrogen (secondary N) is 2. The van der Waals surface area contributed by atoms with Gasteiger partial charge < -0.3 is 9.73 Å². The number of fused-ring (bicyclic) bond motifs is 1. The lowest BCUT2D eigenvalue weighted by molar-refractivity contribution is 0.334. The van der Waals surface area contributed by atoms with Crippen LogP contribution < -0.4 is 10.0 Å². The molecule has 2 N–H and O–H groups in total. The molecule has 1 aliphatic carbocycles. The van der Waals surface area contributed by atoms with Crippen LogP contribution in [0.2, 0.25) is 5.02 Å². The Morgan fingerprint density at radius 1 is 1.28 bits per heavy atom. The first-order valence-corrected chi connectivity index (χ1v) is 10.6. The highest BCUT2D eigenvalue weighted by Gasteiger charge is 2.24. The van der Waals surface area contributed by atoms with E-state index in [1.54, 1.807) is 26.0 Å². The molecular formula is C17H24ClN3O3S. The third kappa shape index (κ3) is 4.65. The maximum atomic E-state index is 11.8. The molecule has 1 heterocycles. The molecule has 25 heavy (non-hydrogen) atoms. The molecule has 8 heteroatoms. The van der Waals surface area contributed by atoms with E-state index in [9.17, 15) is 8.42 Å². The van der Waals surface area contributed by atoms with Gasteiger partial charge in [0.2, 0.25) is 10.0 Å². The number of halogens is 1. The predicted molar refractivity (Wildman–Crippen MR) is 100 cm³/mol. The van der Waals surface area contributed by atoms with Crippen molar-refractivity contribution in [1.29, 1.82) is 0 Å². The summed E-state index contributed by atoms with van der Waals surface area (Å²) in [5.41, 5.74) is 1.45. The molecule has 3 rings (SSSR count). The standard InChI is InChI=1S/C17H24ClN3O3S/c1-11(2)25(22,23)19-10-12-3-6-14(7-4-12)20-17-21-15-8-5-13(18)9-16(15)24-17/h5,8-9,11-12,14,19H,3-4,6-7,10H2,1-2H3,(H,20,21). The van der Waals surface area contributed by atoms with Gasteiger partial charge in [-0.25, -0.2) is 13.1 Å². The van der Waals surface area contributed by atoms with E-state index in [0.717, 1.165) is 31.2 Å². The molecule has 138 valence electrons. The third-order valence-electron chi connectivity index (χ3n) is 4.72. The summed E-state index contributed by atoms with van der Waals surface area (Å²) in [6, 6.07) is 6.19. The van der Waals surface area contributed by atoms with E-state index in [1.807, 2.05) is 6.07 Å². The summed E-state index contributed by atoms with van der Waals surface area (Å²) >= 11 is 5.96. The first kappa shape index (κ1) is 18.5. The molecule has 6 nitrogen and oxygen atoms in total. The molecule has 1 aromatic carbocycles. The SMILES string of the molecule is CC(C)S(=O)(=O)NCC1CCC(Nc2nc3ccc(Cl)cc3o2)CC1. The first-order chi connectivity index (χ1) is 11.8. The average molecular weight is 386 g/mol. The Morgan fingerprint density at radius 2 is 2.00 bits per heavy atom. The fourth-order valence-corrected chi connectivity index (χ4v) is 4.01. The molecule has 0 unspecified atom stereocenters. The van der Waals surface area contributed by atoms with E-state index in [1.165, 1.54) is 0 Å². The Labute approximate surface area is 153 Å². The van der Waals surface area contributed by atoms with Crippen molar-refractivity contribution in [1.82, 2.24) is 9.71 Å². The second-order valence-corrected chi connectivity index (χ2v) is 9.69. The van der Waals surface area contributed by atoms with Crippen LogP contribution in [0.3, 0.4) is 0 Å². The topological polar surface area (TPSA) is 84.2 Å². The fourth-order valence-electron chi connectivity index (χ4n) is 3.05. The second kappa shape index (κ2) is 7.51. The van der Waals surface area contributed by atoms with Crippen LogP contribution in [0.5, 0.6) is 0 Å². The lowest BCUT2D eigenvalue weighted by atomic mass is 9.86. The van der Waals surface area contributed by atoms with Crippen molar-refractivity contribution >= 4 is 38.7 Å². The predicted octanol–water partition coefficient (Wildman–Crippen LogP) is 3.78. The number of hydrogen-bond acceptors (Lipinski definition) is 5. The van der Waals surface area contributed by atoms with Crippen molar-refractivity contribution in [3.8, 4) is 0 Å². The van der Waals surface area contributed by atoms with Crippen LogP contribution in [-0.4, -0.2) is 31.2 Å². The van der Waals surface area contributed by atoms with E-state index in [4.69, 9.17) is 16.0 Å². The third-order valence-corrected chi connectivity index (χ3v) is 6.76. The van der Waals surface area contributed by atoms with Crippen molar-refractivity contribution in [2.45, 2.75) is 50.8 Å². The van der Waals surface area contributed by atoms with Crippen LogP contribution in [-0.2, 0) is 10.0 Å². The Bertz CT molecular complexity index is 827. The Kier molecular flexibility index (Phi) is 5.55. The number of anilines is 1. The molecule has 0 saturated heterocycles. The van der Waals surface area contributed by atoms with Crippen molar-refractivity contribution in [2.24, 2.45) is 5.92 Å². The van der Waals surface area contributed by atoms with Crippen molar-refractivity contribution < 1.29 is 12.8 Å². The summed E-state index contributed by atoms with van der Waals surface area (Å²) in [5, 5.41) is 3.58. The molecule has 1 fully saturated rings. The summed E-state index contributed by atoms with van der Waals surface area (Å²) in [4.78, 5) is 4.43. The van der Waals surface area contributed by atoms with Gasteiger partial charge in [-0.1, -0.05) is 11.6 Å². The smallest absolute Gasteiger partial charge is 0.295 e. The fraction of sp³-hybridized carbons (Fsp3) is 0.588. The number of oxazole rings is 1. The summed E-state index contributed by atoms with van der Waals surface area (Å²) < 4.78 is 32.1. The van der Waals surface area contributed by atoms with Gasteiger partial charge in [0, 0.05) is 23.7 Å². The van der Waals surface area contributed by atoms with E-state index >= 15 is 0 Å². The van der Waals surface area contributed by atoms with Crippen molar-refractivity contribution in [2.75, 3.05) is 11.9 Å². The average Bonchev–Trinajstić information content (AvgIpc) is 2.95. The lowest BCUT2D eigenvalue weighted by Crippen LogP contribution is -2.37. The van der Waals surface area contributed by atoms with Gasteiger partial charge in [0.25, 0.3) is 6.01 Å². The number of rotatable bonds is 6. The highest BCUT2D eigenvalue weighted by molar-refractivity contribution is 7.90. The number of aromatic nitrogens is 1. The molecule has 0 radical (unpaired) electrons. The maximum Gasteiger partial charge on any atom is 0.295 e. The Balaban J connectivity index is 1.50. The molecule has 0 bridgehead atoms. The van der Waals surface area contributed by atoms with Gasteiger partial charge in [0.15, 0.2) is 5.58 Å². The van der Waals surface area contributed by atoms with E-state index in [0.29, 0.717) is 35.1 Å². The molecule has 1 aromatic heterocycles. The van der Waals surface area contributed by atoms with Crippen LogP contribution in [0, 0.1) is 5.92 Å². The van der Waals surface area contributed by atoms with Crippen molar-refractivity contribution in [3.05, 3.63) is 23.2 Å². The van der Waals surface area contributed by atoms with Gasteiger partial charge in [-0.3, -0.25) is 0 Å². The zero-order valence-corrected chi connectivity index (χ0v) is 16.0. The highest BCUT2D eigenvalue weighted by Crippen LogP contribution is 2.28.